The predicted molar refractivity (Wildman–Crippen MR) is 154 cm³/mol. The highest BCUT2D eigenvalue weighted by atomic mass is 16.5. The lowest BCUT2D eigenvalue weighted by Gasteiger charge is -2.34. The third kappa shape index (κ3) is 5.98. The maximum atomic E-state index is 12.0. The number of aryl methyl sites for hydroxylation is 1. The van der Waals surface area contributed by atoms with Gasteiger partial charge in [-0.15, -0.1) is 0 Å². The molecule has 2 aromatic heterocycles. The van der Waals surface area contributed by atoms with Crippen LogP contribution in [0.15, 0.2) is 61.1 Å². The van der Waals surface area contributed by atoms with Crippen LogP contribution < -0.4 is 20.1 Å². The van der Waals surface area contributed by atoms with E-state index >= 15 is 0 Å². The summed E-state index contributed by atoms with van der Waals surface area (Å²) in [7, 11) is 5.30. The monoisotopic (exact) mass is 528 g/mol. The van der Waals surface area contributed by atoms with E-state index in [9.17, 15) is 4.79 Å². The lowest BCUT2D eigenvalue weighted by Crippen LogP contribution is -2.48. The van der Waals surface area contributed by atoms with Crippen molar-refractivity contribution in [2.75, 3.05) is 38.8 Å². The minimum atomic E-state index is -0.230. The molecule has 0 saturated carbocycles. The summed E-state index contributed by atoms with van der Waals surface area (Å²) in [4.78, 5) is 26.1. The average Bonchev–Trinajstić information content (AvgIpc) is 3.40. The van der Waals surface area contributed by atoms with E-state index in [4.69, 9.17) is 20.2 Å². The third-order valence-electron chi connectivity index (χ3n) is 7.38. The highest BCUT2D eigenvalue weighted by Crippen LogP contribution is 2.34. The van der Waals surface area contributed by atoms with Crippen LogP contribution in [-0.4, -0.2) is 65.2 Å². The molecular weight excluding hydrogens is 492 g/mol. The maximum absolute atomic E-state index is 12.0. The van der Waals surface area contributed by atoms with Crippen molar-refractivity contribution >= 4 is 28.3 Å². The lowest BCUT2D eigenvalue weighted by molar-refractivity contribution is -0.124. The molecule has 204 valence electrons. The van der Waals surface area contributed by atoms with Gasteiger partial charge in [0.2, 0.25) is 5.91 Å². The number of fused-ring (bicyclic) bond motifs is 1. The molecule has 9 heteroatoms. The predicted octanol–water partition coefficient (Wildman–Crippen LogP) is 4.52. The van der Waals surface area contributed by atoms with Crippen molar-refractivity contribution in [2.45, 2.75) is 31.7 Å². The fourth-order valence-corrected chi connectivity index (χ4v) is 5.33. The van der Waals surface area contributed by atoms with Gasteiger partial charge in [-0.25, -0.2) is 4.98 Å². The van der Waals surface area contributed by atoms with Gasteiger partial charge in [-0.05, 0) is 50.1 Å². The van der Waals surface area contributed by atoms with Gasteiger partial charge >= 0.3 is 0 Å². The molecule has 1 saturated heterocycles. The van der Waals surface area contributed by atoms with Crippen LogP contribution in [0.2, 0.25) is 0 Å². The molecule has 1 fully saturated rings. The fraction of sp³-hybridized carbons (Fsp3) is 0.367. The summed E-state index contributed by atoms with van der Waals surface area (Å²) in [6.45, 7) is 2.40. The Hall–Kier alpha value is -4.11. The maximum Gasteiger partial charge on any atom is 0.234 e. The van der Waals surface area contributed by atoms with Crippen LogP contribution in [0, 0.1) is 0 Å². The summed E-state index contributed by atoms with van der Waals surface area (Å²) in [5.41, 5.74) is 11.2. The first-order valence-electron chi connectivity index (χ1n) is 13.4. The van der Waals surface area contributed by atoms with Crippen LogP contribution >= 0.6 is 0 Å². The number of hydrogen-bond acceptors (Lipinski definition) is 7. The molecule has 1 amide bonds. The van der Waals surface area contributed by atoms with Crippen molar-refractivity contribution in [1.82, 2.24) is 19.4 Å². The van der Waals surface area contributed by atoms with E-state index in [1.165, 1.54) is 0 Å². The van der Waals surface area contributed by atoms with Gasteiger partial charge < -0.3 is 24.7 Å². The van der Waals surface area contributed by atoms with Crippen molar-refractivity contribution < 1.29 is 14.3 Å². The third-order valence-corrected chi connectivity index (χ3v) is 7.38. The van der Waals surface area contributed by atoms with Gasteiger partial charge in [-0.1, -0.05) is 6.42 Å². The molecule has 4 aromatic rings. The fourth-order valence-electron chi connectivity index (χ4n) is 5.33. The SMILES string of the molecule is COc1cc(OC)cc(N(CCCN2CCCCC2C(N)=O)c2ccc3ncc(-c4ccn(C)c4)nc3c2)c1. The second-order valence-corrected chi connectivity index (χ2v) is 10.0. The molecule has 2 N–H and O–H groups in total. The number of aromatic nitrogens is 3. The zero-order valence-corrected chi connectivity index (χ0v) is 22.8. The number of nitrogens with two attached hydrogens (primary N) is 1. The summed E-state index contributed by atoms with van der Waals surface area (Å²) in [5.74, 6) is 1.20. The molecule has 3 heterocycles. The quantitative estimate of drug-likeness (QED) is 0.323. The van der Waals surface area contributed by atoms with Gasteiger partial charge in [0.05, 0.1) is 43.2 Å². The van der Waals surface area contributed by atoms with E-state index in [0.29, 0.717) is 11.5 Å². The van der Waals surface area contributed by atoms with Crippen LogP contribution in [0.1, 0.15) is 25.7 Å². The second-order valence-electron chi connectivity index (χ2n) is 10.0. The zero-order valence-electron chi connectivity index (χ0n) is 22.8. The molecule has 0 spiro atoms. The highest BCUT2D eigenvalue weighted by molar-refractivity contribution is 5.83. The van der Waals surface area contributed by atoms with Crippen molar-refractivity contribution in [3.8, 4) is 22.8 Å². The largest absolute Gasteiger partial charge is 0.497 e. The van der Waals surface area contributed by atoms with E-state index < -0.39 is 0 Å². The average molecular weight is 529 g/mol. The van der Waals surface area contributed by atoms with Gasteiger partial charge in [0, 0.05) is 67.7 Å². The number of nitrogens with zero attached hydrogens (tertiary/aromatic N) is 5. The van der Waals surface area contributed by atoms with Crippen LogP contribution in [-0.2, 0) is 11.8 Å². The van der Waals surface area contributed by atoms with E-state index in [2.05, 4.69) is 26.9 Å². The molecule has 0 aliphatic carbocycles. The number of carbonyl (C=O) groups is 1. The minimum Gasteiger partial charge on any atom is -0.497 e. The van der Waals surface area contributed by atoms with Gasteiger partial charge in [0.1, 0.15) is 11.5 Å². The van der Waals surface area contributed by atoms with E-state index in [1.54, 1.807) is 14.2 Å². The summed E-state index contributed by atoms with van der Waals surface area (Å²) in [5, 5.41) is 0. The summed E-state index contributed by atoms with van der Waals surface area (Å²) < 4.78 is 13.1. The van der Waals surface area contributed by atoms with Crippen LogP contribution in [0.5, 0.6) is 11.5 Å². The Bertz CT molecular complexity index is 1430. The van der Waals surface area contributed by atoms with E-state index in [1.807, 2.05) is 60.5 Å². The Morgan fingerprint density at radius 2 is 1.85 bits per heavy atom. The van der Waals surface area contributed by atoms with Gasteiger partial charge in [-0.2, -0.15) is 0 Å². The summed E-state index contributed by atoms with van der Waals surface area (Å²) in [6, 6.07) is 13.9. The number of hydrogen-bond donors (Lipinski definition) is 1. The number of likely N-dealkylation sites (tertiary alicyclic amines) is 1. The number of benzene rings is 2. The number of rotatable bonds is 10. The zero-order chi connectivity index (χ0) is 27.4. The van der Waals surface area contributed by atoms with Gasteiger partial charge in [-0.3, -0.25) is 14.7 Å². The Balaban J connectivity index is 1.48. The molecule has 0 radical (unpaired) electrons. The number of primary amides is 1. The second kappa shape index (κ2) is 11.7. The smallest absolute Gasteiger partial charge is 0.234 e. The Morgan fingerprint density at radius 1 is 1.05 bits per heavy atom. The molecule has 2 aromatic carbocycles. The lowest BCUT2D eigenvalue weighted by atomic mass is 10.0. The number of methoxy groups -OCH3 is 2. The van der Waals surface area contributed by atoms with E-state index in [0.717, 1.165) is 79.0 Å². The van der Waals surface area contributed by atoms with Crippen molar-refractivity contribution in [2.24, 2.45) is 12.8 Å². The van der Waals surface area contributed by atoms with Gasteiger partial charge in [0.15, 0.2) is 0 Å². The summed E-state index contributed by atoms with van der Waals surface area (Å²) in [6.07, 6.45) is 9.66. The molecule has 9 nitrogen and oxygen atoms in total. The molecule has 39 heavy (non-hydrogen) atoms. The van der Waals surface area contributed by atoms with Crippen molar-refractivity contribution in [3.05, 3.63) is 61.1 Å². The van der Waals surface area contributed by atoms with Crippen LogP contribution in [0.4, 0.5) is 11.4 Å². The van der Waals surface area contributed by atoms with E-state index in [-0.39, 0.29) is 11.9 Å². The van der Waals surface area contributed by atoms with Crippen LogP contribution in [0.25, 0.3) is 22.3 Å². The van der Waals surface area contributed by atoms with Gasteiger partial charge in [0.25, 0.3) is 0 Å². The molecule has 1 unspecified atom stereocenters. The summed E-state index contributed by atoms with van der Waals surface area (Å²) >= 11 is 0. The normalized spacial score (nSPS) is 15.8. The van der Waals surface area contributed by atoms with Crippen molar-refractivity contribution in [1.29, 1.82) is 0 Å². The number of piperidine rings is 1. The topological polar surface area (TPSA) is 98.7 Å². The molecule has 1 aliphatic heterocycles. The standard InChI is InChI=1S/C30H36N6O3/c1-34-14-10-21(20-34)28-19-32-26-9-8-22(17-27(26)33-28)36(23-15-24(38-2)18-25(16-23)39-3)13-6-12-35-11-5-4-7-29(35)30(31)37/h8-10,14-20,29H,4-7,11-13H2,1-3H3,(H2,31,37). The first kappa shape index (κ1) is 26.5. The molecule has 1 aliphatic rings. The first-order chi connectivity index (χ1) is 18.9. The van der Waals surface area contributed by atoms with Crippen LogP contribution in [0.3, 0.4) is 0 Å². The minimum absolute atomic E-state index is 0.184. The first-order valence-corrected chi connectivity index (χ1v) is 13.4. The number of anilines is 2. The number of ether oxygens (including phenoxy) is 2. The Morgan fingerprint density at radius 3 is 2.54 bits per heavy atom. The highest BCUT2D eigenvalue weighted by Gasteiger charge is 2.26. The number of amides is 1. The molecule has 5 rings (SSSR count). The molecular formula is C30H36N6O3. The molecule has 1 atom stereocenters. The Labute approximate surface area is 229 Å². The number of carbonyl (C=O) groups excluding carboxylic acids is 1. The Kier molecular flexibility index (Phi) is 7.97. The van der Waals surface area contributed by atoms with Crippen molar-refractivity contribution in [3.63, 3.8) is 0 Å². The molecule has 0 bridgehead atoms.